The second kappa shape index (κ2) is 17.1. The molecule has 1 aliphatic carbocycles. The summed E-state index contributed by atoms with van der Waals surface area (Å²) in [4.78, 5) is 0. The Morgan fingerprint density at radius 2 is 0.593 bits per heavy atom. The third-order valence-electron chi connectivity index (χ3n) is 12.4. The average molecular weight is 895 g/mol. The maximum absolute atomic E-state index is 4.27. The quantitative estimate of drug-likeness (QED) is 0.106. The lowest BCUT2D eigenvalue weighted by molar-refractivity contribution is 0.364. The fraction of sp³-hybridized carbons (Fsp3) is 0.127. The van der Waals surface area contributed by atoms with Crippen molar-refractivity contribution in [1.82, 2.24) is 10.6 Å². The van der Waals surface area contributed by atoms with Crippen LogP contribution in [0.5, 0.6) is 0 Å². The minimum Gasteiger partial charge on any atom is -0.300 e. The number of rotatable bonds is 14. The fourth-order valence-corrected chi connectivity index (χ4v) is 10.5. The van der Waals surface area contributed by atoms with Crippen LogP contribution in [0.2, 0.25) is 0 Å². The molecule has 0 unspecified atom stereocenters. The first kappa shape index (κ1) is 39.1. The Morgan fingerprint density at radius 1 is 0.339 bits per heavy atom. The first-order valence-electron chi connectivity index (χ1n) is 20.5. The summed E-state index contributed by atoms with van der Waals surface area (Å²) in [6, 6.07) is 79.4. The normalized spacial score (nSPS) is 13.1. The zero-order valence-corrected chi connectivity index (χ0v) is 36.0. The van der Waals surface area contributed by atoms with E-state index >= 15 is 0 Å². The lowest BCUT2D eigenvalue weighted by Gasteiger charge is -2.41. The van der Waals surface area contributed by atoms with Crippen molar-refractivity contribution in [2.24, 2.45) is 0 Å². The maximum Gasteiger partial charge on any atom is 0.0947 e. The molecule has 0 spiro atoms. The van der Waals surface area contributed by atoms with Gasteiger partial charge in [-0.2, -0.15) is 0 Å². The Kier molecular flexibility index (Phi) is 11.3. The van der Waals surface area contributed by atoms with Gasteiger partial charge in [-0.15, -0.1) is 0 Å². The molecule has 0 amide bonds. The molecule has 0 saturated carbocycles. The highest BCUT2D eigenvalue weighted by Crippen LogP contribution is 2.54. The van der Waals surface area contributed by atoms with E-state index in [1.165, 1.54) is 55.6 Å². The van der Waals surface area contributed by atoms with Crippen LogP contribution < -0.4 is 10.6 Å². The van der Waals surface area contributed by atoms with Gasteiger partial charge in [0.05, 0.1) is 11.1 Å². The Balaban J connectivity index is 1.17. The molecule has 0 atom stereocenters. The molecule has 59 heavy (non-hydrogen) atoms. The molecule has 8 aromatic rings. The van der Waals surface area contributed by atoms with Crippen molar-refractivity contribution >= 4 is 31.9 Å². The lowest BCUT2D eigenvalue weighted by atomic mass is 9.71. The van der Waals surface area contributed by atoms with Gasteiger partial charge < -0.3 is 0 Å². The van der Waals surface area contributed by atoms with E-state index in [1.54, 1.807) is 0 Å². The third-order valence-corrected chi connectivity index (χ3v) is 13.4. The van der Waals surface area contributed by atoms with Gasteiger partial charge in [-0.3, -0.25) is 10.6 Å². The molecule has 1 aliphatic rings. The zero-order valence-electron chi connectivity index (χ0n) is 32.9. The summed E-state index contributed by atoms with van der Waals surface area (Å²) in [5.41, 5.74) is 11.1. The summed E-state index contributed by atoms with van der Waals surface area (Å²) in [7, 11) is 0. The van der Waals surface area contributed by atoms with Crippen molar-refractivity contribution in [2.75, 3.05) is 13.1 Å². The van der Waals surface area contributed by atoms with Crippen LogP contribution in [-0.4, -0.2) is 13.1 Å². The Bertz CT molecular complexity index is 2240. The van der Waals surface area contributed by atoms with Gasteiger partial charge in [0, 0.05) is 14.4 Å². The highest BCUT2D eigenvalue weighted by Gasteiger charge is 2.45. The predicted molar refractivity (Wildman–Crippen MR) is 252 cm³/mol. The smallest absolute Gasteiger partial charge is 0.0947 e. The van der Waals surface area contributed by atoms with Gasteiger partial charge in [0.2, 0.25) is 0 Å². The van der Waals surface area contributed by atoms with Gasteiger partial charge in [-0.1, -0.05) is 226 Å². The average Bonchev–Trinajstić information content (AvgIpc) is 3.55. The van der Waals surface area contributed by atoms with E-state index in [9.17, 15) is 0 Å². The maximum atomic E-state index is 4.27. The van der Waals surface area contributed by atoms with Gasteiger partial charge >= 0.3 is 0 Å². The summed E-state index contributed by atoms with van der Waals surface area (Å²) < 4.78 is 2.18. The van der Waals surface area contributed by atoms with Crippen molar-refractivity contribution in [2.45, 2.75) is 29.3 Å². The molecule has 0 saturated heterocycles. The molecule has 290 valence electrons. The van der Waals surface area contributed by atoms with E-state index < -0.39 is 11.1 Å². The molecular formula is C55H46Br2N2. The van der Waals surface area contributed by atoms with E-state index in [0.29, 0.717) is 0 Å². The first-order valence-corrected chi connectivity index (χ1v) is 22.1. The summed E-state index contributed by atoms with van der Waals surface area (Å²) in [6.07, 6.45) is 1.73. The molecule has 2 nitrogen and oxygen atoms in total. The van der Waals surface area contributed by atoms with Crippen LogP contribution in [0.4, 0.5) is 0 Å². The SMILES string of the molecule is Brc1ccc2c(c1)C(CCNC(c1ccccc1)(c1ccccc1)c1ccccc1)(CCNC(c1ccccc1)(c1ccccc1)c1ccccc1)c1cc(Br)ccc1-2. The van der Waals surface area contributed by atoms with Crippen molar-refractivity contribution in [3.8, 4) is 11.1 Å². The summed E-state index contributed by atoms with van der Waals surface area (Å²) >= 11 is 7.84. The molecule has 0 bridgehead atoms. The number of benzene rings is 8. The molecular weight excluding hydrogens is 848 g/mol. The molecule has 2 N–H and O–H groups in total. The van der Waals surface area contributed by atoms with Gasteiger partial charge in [0.25, 0.3) is 0 Å². The number of halogens is 2. The van der Waals surface area contributed by atoms with Gasteiger partial charge in [-0.05, 0) is 106 Å². The van der Waals surface area contributed by atoms with Crippen LogP contribution in [0.3, 0.4) is 0 Å². The van der Waals surface area contributed by atoms with Crippen LogP contribution in [0, 0.1) is 0 Å². The number of nitrogens with one attached hydrogen (secondary N) is 2. The topological polar surface area (TPSA) is 24.1 Å². The second-order valence-corrected chi connectivity index (χ2v) is 17.3. The highest BCUT2D eigenvalue weighted by molar-refractivity contribution is 9.10. The Labute approximate surface area is 365 Å². The molecule has 0 aromatic heterocycles. The van der Waals surface area contributed by atoms with E-state index in [1.807, 2.05) is 0 Å². The van der Waals surface area contributed by atoms with Crippen LogP contribution in [-0.2, 0) is 16.5 Å². The van der Waals surface area contributed by atoms with Crippen LogP contribution >= 0.6 is 31.9 Å². The highest BCUT2D eigenvalue weighted by atomic mass is 79.9. The second-order valence-electron chi connectivity index (χ2n) is 15.5. The molecule has 8 aromatic carbocycles. The minimum absolute atomic E-state index is 0.330. The predicted octanol–water partition coefficient (Wildman–Crippen LogP) is 13.4. The van der Waals surface area contributed by atoms with Gasteiger partial charge in [0.1, 0.15) is 0 Å². The van der Waals surface area contributed by atoms with Crippen LogP contribution in [0.1, 0.15) is 57.3 Å². The lowest BCUT2D eigenvalue weighted by Crippen LogP contribution is -2.48. The number of hydrogen-bond acceptors (Lipinski definition) is 2. The summed E-state index contributed by atoms with van der Waals surface area (Å²) in [6.45, 7) is 1.50. The van der Waals surface area contributed by atoms with Crippen LogP contribution in [0.25, 0.3) is 11.1 Å². The first-order chi connectivity index (χ1) is 29.0. The number of hydrogen-bond donors (Lipinski definition) is 2. The Hall–Kier alpha value is -5.36. The van der Waals surface area contributed by atoms with Gasteiger partial charge in [-0.25, -0.2) is 0 Å². The molecule has 9 rings (SSSR count). The van der Waals surface area contributed by atoms with Crippen molar-refractivity contribution in [1.29, 1.82) is 0 Å². The molecule has 0 aliphatic heterocycles. The summed E-state index contributed by atoms with van der Waals surface area (Å²) in [5, 5.41) is 8.53. The van der Waals surface area contributed by atoms with Gasteiger partial charge in [0.15, 0.2) is 0 Å². The molecule has 0 radical (unpaired) electrons. The third kappa shape index (κ3) is 7.23. The largest absolute Gasteiger partial charge is 0.300 e. The fourth-order valence-electron chi connectivity index (χ4n) is 9.77. The standard InChI is InChI=1S/C55H46Br2N2/c56-47-31-33-49-50-34-32-48(57)40-52(50)53(51(49)39-47,35-37-58-54(41-19-7-1-8-20-41,42-21-9-2-10-22-42)43-23-11-3-12-24-43)36-38-59-55(44-25-13-4-14-26-44,45-27-15-5-16-28-45)46-29-17-6-18-30-46/h1-34,39-40,58-59H,35-38H2. The number of fused-ring (bicyclic) bond motifs is 3. The zero-order chi connectivity index (χ0) is 40.1. The summed E-state index contributed by atoms with van der Waals surface area (Å²) in [5.74, 6) is 0. The van der Waals surface area contributed by atoms with E-state index in [-0.39, 0.29) is 5.41 Å². The van der Waals surface area contributed by atoms with Crippen molar-refractivity contribution < 1.29 is 0 Å². The minimum atomic E-state index is -0.578. The Morgan fingerprint density at radius 3 is 0.847 bits per heavy atom. The molecule has 4 heteroatoms. The van der Waals surface area contributed by atoms with Crippen molar-refractivity contribution in [3.05, 3.63) is 272 Å². The molecule has 0 heterocycles. The van der Waals surface area contributed by atoms with Crippen LogP contribution in [0.15, 0.2) is 227 Å². The van der Waals surface area contributed by atoms with E-state index in [4.69, 9.17) is 0 Å². The van der Waals surface area contributed by atoms with E-state index in [0.717, 1.165) is 34.9 Å². The molecule has 0 fully saturated rings. The van der Waals surface area contributed by atoms with E-state index in [2.05, 4.69) is 261 Å². The van der Waals surface area contributed by atoms with Crippen molar-refractivity contribution in [3.63, 3.8) is 0 Å². The monoisotopic (exact) mass is 892 g/mol.